The first-order valence-corrected chi connectivity index (χ1v) is 6.25. The van der Waals surface area contributed by atoms with Crippen LogP contribution in [0.2, 0.25) is 0 Å². The zero-order valence-corrected chi connectivity index (χ0v) is 11.1. The van der Waals surface area contributed by atoms with Crippen molar-refractivity contribution in [1.82, 2.24) is 0 Å². The van der Waals surface area contributed by atoms with E-state index in [1.54, 1.807) is 20.8 Å². The normalized spacial score (nSPS) is 14.8. The van der Waals surface area contributed by atoms with Gasteiger partial charge in [-0.2, -0.15) is 4.40 Å². The Hall–Kier alpha value is -1.10. The lowest BCUT2D eigenvalue weighted by atomic mass is 10.1. The molecule has 0 aliphatic heterocycles. The molecule has 1 aromatic carbocycles. The van der Waals surface area contributed by atoms with Crippen LogP contribution in [0, 0.1) is 11.6 Å². The van der Waals surface area contributed by atoms with E-state index in [0.717, 1.165) is 18.2 Å². The van der Waals surface area contributed by atoms with Crippen molar-refractivity contribution < 1.29 is 13.0 Å². The third-order valence-electron chi connectivity index (χ3n) is 2.06. The minimum atomic E-state index is -1.48. The Morgan fingerprint density at radius 1 is 1.29 bits per heavy atom. The second-order valence-electron chi connectivity index (χ2n) is 4.66. The van der Waals surface area contributed by atoms with Crippen molar-refractivity contribution in [2.45, 2.75) is 32.4 Å². The zero-order valence-electron chi connectivity index (χ0n) is 10.3. The third-order valence-corrected chi connectivity index (χ3v) is 3.55. The Bertz CT molecular complexity index is 478. The van der Waals surface area contributed by atoms with E-state index >= 15 is 0 Å². The molecule has 1 rings (SSSR count). The molecule has 0 heterocycles. The molecule has 1 atom stereocenters. The van der Waals surface area contributed by atoms with E-state index in [4.69, 9.17) is 0 Å². The van der Waals surface area contributed by atoms with Crippen molar-refractivity contribution in [2.75, 3.05) is 0 Å². The standard InChI is InChI=1S/C12H15F2NOS/c1-8(15-17(16)12(2,3)4)10-7-9(13)5-6-11(10)14/h5-7H,1-4H3/b15-8+/t17-/m0/s1. The molecule has 0 spiro atoms. The van der Waals surface area contributed by atoms with Crippen molar-refractivity contribution in [3.05, 3.63) is 35.4 Å². The highest BCUT2D eigenvalue weighted by atomic mass is 32.2. The van der Waals surface area contributed by atoms with Crippen LogP contribution in [-0.4, -0.2) is 14.7 Å². The van der Waals surface area contributed by atoms with Crippen LogP contribution in [0.25, 0.3) is 0 Å². The van der Waals surface area contributed by atoms with Crippen LogP contribution in [0.4, 0.5) is 8.78 Å². The Morgan fingerprint density at radius 2 is 1.88 bits per heavy atom. The molecule has 94 valence electrons. The number of nitrogens with zero attached hydrogens (tertiary/aromatic N) is 1. The summed E-state index contributed by atoms with van der Waals surface area (Å²) in [5, 5.41) is 0. The quantitative estimate of drug-likeness (QED) is 0.750. The highest BCUT2D eigenvalue weighted by Gasteiger charge is 2.19. The summed E-state index contributed by atoms with van der Waals surface area (Å²) in [5.74, 6) is -1.11. The monoisotopic (exact) mass is 259 g/mol. The largest absolute Gasteiger partial charge is 0.234 e. The maximum atomic E-state index is 13.4. The summed E-state index contributed by atoms with van der Waals surface area (Å²) < 4.78 is 41.5. The summed E-state index contributed by atoms with van der Waals surface area (Å²) in [7, 11) is -1.48. The maximum absolute atomic E-state index is 13.4. The molecule has 2 nitrogen and oxygen atoms in total. The molecular weight excluding hydrogens is 244 g/mol. The molecular formula is C12H15F2NOS. The molecule has 0 amide bonds. The van der Waals surface area contributed by atoms with E-state index in [0.29, 0.717) is 0 Å². The van der Waals surface area contributed by atoms with Crippen LogP contribution in [-0.2, 0) is 11.0 Å². The van der Waals surface area contributed by atoms with E-state index in [2.05, 4.69) is 4.40 Å². The van der Waals surface area contributed by atoms with E-state index in [9.17, 15) is 13.0 Å². The molecule has 0 N–H and O–H groups in total. The third kappa shape index (κ3) is 3.70. The number of hydrogen-bond acceptors (Lipinski definition) is 1. The molecule has 0 saturated carbocycles. The number of halogens is 2. The smallest absolute Gasteiger partial charge is 0.145 e. The lowest BCUT2D eigenvalue weighted by Gasteiger charge is -2.14. The van der Waals surface area contributed by atoms with Crippen LogP contribution in [0.3, 0.4) is 0 Å². The van der Waals surface area contributed by atoms with Gasteiger partial charge >= 0.3 is 0 Å². The van der Waals surface area contributed by atoms with Crippen LogP contribution < -0.4 is 0 Å². The molecule has 0 aliphatic rings. The van der Waals surface area contributed by atoms with Crippen molar-refractivity contribution >= 4 is 16.7 Å². The van der Waals surface area contributed by atoms with E-state index < -0.39 is 27.4 Å². The molecule has 1 aromatic rings. The fourth-order valence-electron chi connectivity index (χ4n) is 1.09. The van der Waals surface area contributed by atoms with Gasteiger partial charge in [0.25, 0.3) is 0 Å². The van der Waals surface area contributed by atoms with Crippen molar-refractivity contribution in [1.29, 1.82) is 0 Å². The molecule has 5 heteroatoms. The first-order valence-electron chi connectivity index (χ1n) is 5.14. The molecule has 0 radical (unpaired) electrons. The van der Waals surface area contributed by atoms with Gasteiger partial charge in [-0.05, 0) is 45.9 Å². The fourth-order valence-corrected chi connectivity index (χ4v) is 1.71. The van der Waals surface area contributed by atoms with E-state index in [1.165, 1.54) is 6.92 Å². The lowest BCUT2D eigenvalue weighted by Crippen LogP contribution is -2.20. The predicted octanol–water partition coefficient (Wildman–Crippen LogP) is 3.24. The number of hydrogen-bond donors (Lipinski definition) is 0. The lowest BCUT2D eigenvalue weighted by molar-refractivity contribution is 0.598. The Balaban J connectivity index is 3.12. The van der Waals surface area contributed by atoms with Crippen molar-refractivity contribution in [3.63, 3.8) is 0 Å². The van der Waals surface area contributed by atoms with Gasteiger partial charge in [0, 0.05) is 5.56 Å². The highest BCUT2D eigenvalue weighted by Crippen LogP contribution is 2.16. The zero-order chi connectivity index (χ0) is 13.2. The fraction of sp³-hybridized carbons (Fsp3) is 0.417. The predicted molar refractivity (Wildman–Crippen MR) is 66.5 cm³/mol. The summed E-state index contributed by atoms with van der Waals surface area (Å²) in [6.45, 7) is 6.81. The summed E-state index contributed by atoms with van der Waals surface area (Å²) in [6.07, 6.45) is 0. The molecule has 0 unspecified atom stereocenters. The van der Waals surface area contributed by atoms with Gasteiger partial charge in [0.05, 0.1) is 10.5 Å². The van der Waals surface area contributed by atoms with Gasteiger partial charge in [-0.15, -0.1) is 0 Å². The molecule has 0 aromatic heterocycles. The van der Waals surface area contributed by atoms with Crippen molar-refractivity contribution in [3.8, 4) is 0 Å². The second-order valence-corrected chi connectivity index (χ2v) is 6.57. The van der Waals surface area contributed by atoms with Gasteiger partial charge in [0.2, 0.25) is 0 Å². The molecule has 0 fully saturated rings. The number of rotatable bonds is 2. The first kappa shape index (κ1) is 14.0. The van der Waals surface area contributed by atoms with E-state index in [-0.39, 0.29) is 11.3 Å². The van der Waals surface area contributed by atoms with Crippen LogP contribution >= 0.6 is 0 Å². The summed E-state index contributed by atoms with van der Waals surface area (Å²) >= 11 is 0. The Labute approximate surface area is 102 Å². The maximum Gasteiger partial charge on any atom is 0.145 e. The molecule has 0 saturated heterocycles. The molecule has 0 aliphatic carbocycles. The SMILES string of the molecule is C/C(=N\[S@@](=O)C(C)(C)C)c1cc(F)ccc1F. The Morgan fingerprint density at radius 3 is 2.41 bits per heavy atom. The second kappa shape index (κ2) is 5.04. The summed E-state index contributed by atoms with van der Waals surface area (Å²) in [6, 6.07) is 3.12. The van der Waals surface area contributed by atoms with Gasteiger partial charge in [-0.3, -0.25) is 0 Å². The van der Waals surface area contributed by atoms with Crippen LogP contribution in [0.15, 0.2) is 22.6 Å². The minimum Gasteiger partial charge on any atom is -0.234 e. The minimum absolute atomic E-state index is 0.0441. The van der Waals surface area contributed by atoms with Crippen LogP contribution in [0.1, 0.15) is 33.3 Å². The summed E-state index contributed by atoms with van der Waals surface area (Å²) in [5.41, 5.74) is 0.276. The average Bonchev–Trinajstić information content (AvgIpc) is 2.20. The molecule has 17 heavy (non-hydrogen) atoms. The first-order chi connectivity index (χ1) is 7.71. The van der Waals surface area contributed by atoms with Crippen molar-refractivity contribution in [2.24, 2.45) is 4.40 Å². The van der Waals surface area contributed by atoms with Gasteiger partial charge in [-0.25, -0.2) is 13.0 Å². The molecule has 0 bridgehead atoms. The highest BCUT2D eigenvalue weighted by molar-refractivity contribution is 7.85. The number of benzene rings is 1. The van der Waals surface area contributed by atoms with Crippen LogP contribution in [0.5, 0.6) is 0 Å². The van der Waals surface area contributed by atoms with Gasteiger partial charge in [0.1, 0.15) is 22.6 Å². The van der Waals surface area contributed by atoms with Gasteiger partial charge in [-0.1, -0.05) is 0 Å². The average molecular weight is 259 g/mol. The van der Waals surface area contributed by atoms with Gasteiger partial charge in [0.15, 0.2) is 0 Å². The Kier molecular flexibility index (Phi) is 4.14. The van der Waals surface area contributed by atoms with E-state index in [1.807, 2.05) is 0 Å². The van der Waals surface area contributed by atoms with Gasteiger partial charge < -0.3 is 0 Å². The summed E-state index contributed by atoms with van der Waals surface area (Å²) in [4.78, 5) is 0. The topological polar surface area (TPSA) is 29.4 Å².